The van der Waals surface area contributed by atoms with E-state index in [0.717, 1.165) is 49.6 Å². The standard InChI is InChI=1S/C23H33N3O2/c1-16(25-6-8-26(9-7-25)20-2-4-21(27)5-3-20)22(28)24-23-13-17-10-18(14-23)12-19(11-17)15-23/h2-5,16-19,27H,6-15H2,1H3,(H,24,28)/p+1/t16-,17?,18?,19?,23?/m1/s1. The number of hydrogen-bond acceptors (Lipinski definition) is 3. The van der Waals surface area contributed by atoms with Gasteiger partial charge < -0.3 is 20.2 Å². The summed E-state index contributed by atoms with van der Waals surface area (Å²) in [6, 6.07) is 7.47. The number of amides is 1. The van der Waals surface area contributed by atoms with Crippen LogP contribution in [0.25, 0.3) is 0 Å². The van der Waals surface area contributed by atoms with Crippen molar-refractivity contribution in [2.45, 2.75) is 57.0 Å². The molecule has 1 saturated heterocycles. The van der Waals surface area contributed by atoms with Crippen molar-refractivity contribution in [3.05, 3.63) is 24.3 Å². The van der Waals surface area contributed by atoms with Gasteiger partial charge in [0.1, 0.15) is 5.75 Å². The molecule has 0 radical (unpaired) electrons. The number of nitrogens with one attached hydrogen (secondary N) is 2. The van der Waals surface area contributed by atoms with Crippen LogP contribution in [-0.2, 0) is 4.79 Å². The van der Waals surface area contributed by atoms with Crippen LogP contribution >= 0.6 is 0 Å². The van der Waals surface area contributed by atoms with Crippen LogP contribution in [0.3, 0.4) is 0 Å². The van der Waals surface area contributed by atoms with Gasteiger partial charge in [-0.3, -0.25) is 4.79 Å². The molecule has 4 saturated carbocycles. The van der Waals surface area contributed by atoms with Gasteiger partial charge in [0.05, 0.1) is 26.2 Å². The van der Waals surface area contributed by atoms with E-state index in [-0.39, 0.29) is 17.5 Å². The quantitative estimate of drug-likeness (QED) is 0.739. The first-order chi connectivity index (χ1) is 13.5. The average Bonchev–Trinajstić information content (AvgIpc) is 2.67. The molecule has 4 bridgehead atoms. The fourth-order valence-electron chi connectivity index (χ4n) is 6.97. The Labute approximate surface area is 168 Å². The van der Waals surface area contributed by atoms with Gasteiger partial charge in [0.15, 0.2) is 6.04 Å². The minimum atomic E-state index is 0.0231. The monoisotopic (exact) mass is 384 g/mol. The Morgan fingerprint density at radius 1 is 1.07 bits per heavy atom. The number of phenolic OH excluding ortho intramolecular Hbond substituents is 1. The van der Waals surface area contributed by atoms with Crippen LogP contribution in [0.4, 0.5) is 5.69 Å². The van der Waals surface area contributed by atoms with E-state index < -0.39 is 0 Å². The van der Waals surface area contributed by atoms with Gasteiger partial charge in [0.25, 0.3) is 5.91 Å². The maximum atomic E-state index is 13.1. The molecule has 1 amide bonds. The SMILES string of the molecule is C[C@H](C(=O)NC12CC3CC(CC(C3)C1)C2)[NH+]1CCN(c2ccc(O)cc2)CC1. The highest BCUT2D eigenvalue weighted by atomic mass is 16.3. The third-order valence-electron chi connectivity index (χ3n) is 8.05. The lowest BCUT2D eigenvalue weighted by atomic mass is 9.53. The fourth-order valence-corrected chi connectivity index (χ4v) is 6.97. The fraction of sp³-hybridized carbons (Fsp3) is 0.696. The molecule has 1 aromatic rings. The first-order valence-electron chi connectivity index (χ1n) is 11.2. The maximum absolute atomic E-state index is 13.1. The first-order valence-corrected chi connectivity index (χ1v) is 11.2. The number of anilines is 1. The number of hydrogen-bond donors (Lipinski definition) is 3. The van der Waals surface area contributed by atoms with Crippen molar-refractivity contribution in [3.63, 3.8) is 0 Å². The molecule has 28 heavy (non-hydrogen) atoms. The predicted octanol–water partition coefficient (Wildman–Crippen LogP) is 1.57. The van der Waals surface area contributed by atoms with Crippen molar-refractivity contribution in [3.8, 4) is 5.75 Å². The topological polar surface area (TPSA) is 57.0 Å². The van der Waals surface area contributed by atoms with E-state index in [0.29, 0.717) is 5.75 Å². The molecule has 1 aromatic carbocycles. The maximum Gasteiger partial charge on any atom is 0.278 e. The number of piperazine rings is 1. The summed E-state index contributed by atoms with van der Waals surface area (Å²) in [7, 11) is 0. The van der Waals surface area contributed by atoms with E-state index in [4.69, 9.17) is 0 Å². The second-order valence-electron chi connectivity index (χ2n) is 10.1. The number of benzene rings is 1. The largest absolute Gasteiger partial charge is 0.508 e. The first kappa shape index (κ1) is 18.3. The van der Waals surface area contributed by atoms with E-state index >= 15 is 0 Å². The molecule has 6 rings (SSSR count). The van der Waals surface area contributed by atoms with E-state index in [2.05, 4.69) is 17.1 Å². The van der Waals surface area contributed by atoms with Crippen molar-refractivity contribution in [2.24, 2.45) is 17.8 Å². The zero-order chi connectivity index (χ0) is 19.3. The molecule has 1 aliphatic heterocycles. The Morgan fingerprint density at radius 2 is 1.61 bits per heavy atom. The van der Waals surface area contributed by atoms with Crippen LogP contribution in [-0.4, -0.2) is 48.8 Å². The smallest absolute Gasteiger partial charge is 0.278 e. The van der Waals surface area contributed by atoms with E-state index in [1.807, 2.05) is 12.1 Å². The third-order valence-corrected chi connectivity index (χ3v) is 8.05. The van der Waals surface area contributed by atoms with Crippen molar-refractivity contribution >= 4 is 11.6 Å². The lowest BCUT2D eigenvalue weighted by Gasteiger charge is -2.57. The lowest BCUT2D eigenvalue weighted by molar-refractivity contribution is -0.914. The molecule has 4 aliphatic carbocycles. The highest BCUT2D eigenvalue weighted by molar-refractivity contribution is 5.80. The molecule has 5 nitrogen and oxygen atoms in total. The van der Waals surface area contributed by atoms with Crippen LogP contribution in [0.2, 0.25) is 0 Å². The van der Waals surface area contributed by atoms with Gasteiger partial charge in [0.2, 0.25) is 0 Å². The lowest BCUT2D eigenvalue weighted by Crippen LogP contribution is -3.19. The van der Waals surface area contributed by atoms with Crippen molar-refractivity contribution < 1.29 is 14.8 Å². The van der Waals surface area contributed by atoms with Crippen LogP contribution in [0, 0.1) is 17.8 Å². The third kappa shape index (κ3) is 3.38. The summed E-state index contributed by atoms with van der Waals surface area (Å²) in [5.74, 6) is 3.17. The number of rotatable bonds is 4. The van der Waals surface area contributed by atoms with E-state index in [9.17, 15) is 9.90 Å². The molecular formula is C23H34N3O2+. The number of carbonyl (C=O) groups excluding carboxylic acids is 1. The van der Waals surface area contributed by atoms with Crippen LogP contribution in [0.15, 0.2) is 24.3 Å². The van der Waals surface area contributed by atoms with Crippen molar-refractivity contribution in [1.29, 1.82) is 0 Å². The van der Waals surface area contributed by atoms with Crippen molar-refractivity contribution in [2.75, 3.05) is 31.1 Å². The molecular weight excluding hydrogens is 350 g/mol. The van der Waals surface area contributed by atoms with E-state index in [1.165, 1.54) is 43.4 Å². The number of nitrogens with zero attached hydrogens (tertiary/aromatic N) is 1. The van der Waals surface area contributed by atoms with Gasteiger partial charge in [-0.1, -0.05) is 0 Å². The molecule has 152 valence electrons. The Balaban J connectivity index is 1.17. The normalized spacial score (nSPS) is 35.8. The molecule has 1 atom stereocenters. The highest BCUT2D eigenvalue weighted by Crippen LogP contribution is 2.55. The highest BCUT2D eigenvalue weighted by Gasteiger charge is 2.52. The molecule has 3 N–H and O–H groups in total. The Bertz CT molecular complexity index is 689. The zero-order valence-corrected chi connectivity index (χ0v) is 17.0. The van der Waals surface area contributed by atoms with Gasteiger partial charge in [-0.25, -0.2) is 0 Å². The minimum absolute atomic E-state index is 0.0231. The Hall–Kier alpha value is -1.75. The summed E-state index contributed by atoms with van der Waals surface area (Å²) in [5.41, 5.74) is 1.27. The molecule has 0 unspecified atom stereocenters. The second-order valence-corrected chi connectivity index (χ2v) is 10.1. The Morgan fingerprint density at radius 3 is 2.14 bits per heavy atom. The van der Waals surface area contributed by atoms with Gasteiger partial charge in [-0.2, -0.15) is 0 Å². The molecule has 5 aliphatic rings. The summed E-state index contributed by atoms with van der Waals surface area (Å²) in [4.78, 5) is 16.9. The molecule has 0 spiro atoms. The summed E-state index contributed by atoms with van der Waals surface area (Å²) in [5, 5.41) is 13.0. The predicted molar refractivity (Wildman–Crippen MR) is 110 cm³/mol. The molecule has 1 heterocycles. The molecule has 5 heteroatoms. The van der Waals surface area contributed by atoms with Crippen LogP contribution < -0.4 is 15.1 Å². The Kier molecular flexibility index (Phi) is 4.53. The summed E-state index contributed by atoms with van der Waals surface area (Å²) in [6.45, 7) is 5.98. The van der Waals surface area contributed by atoms with Gasteiger partial charge in [-0.15, -0.1) is 0 Å². The van der Waals surface area contributed by atoms with Gasteiger partial charge in [0, 0.05) is 11.2 Å². The number of quaternary nitrogens is 1. The number of aromatic hydroxyl groups is 1. The van der Waals surface area contributed by atoms with Gasteiger partial charge >= 0.3 is 0 Å². The van der Waals surface area contributed by atoms with E-state index in [1.54, 1.807) is 12.1 Å². The van der Waals surface area contributed by atoms with Crippen molar-refractivity contribution in [1.82, 2.24) is 5.32 Å². The van der Waals surface area contributed by atoms with Crippen LogP contribution in [0.5, 0.6) is 5.75 Å². The number of phenols is 1. The van der Waals surface area contributed by atoms with Crippen LogP contribution in [0.1, 0.15) is 45.4 Å². The summed E-state index contributed by atoms with van der Waals surface area (Å²) >= 11 is 0. The summed E-state index contributed by atoms with van der Waals surface area (Å²) < 4.78 is 0. The van der Waals surface area contributed by atoms with Gasteiger partial charge in [-0.05, 0) is 87.5 Å². The second kappa shape index (κ2) is 6.94. The molecule has 5 fully saturated rings. The molecule has 0 aromatic heterocycles. The zero-order valence-electron chi connectivity index (χ0n) is 17.0. The number of carbonyl (C=O) groups is 1. The minimum Gasteiger partial charge on any atom is -0.508 e. The average molecular weight is 385 g/mol. The summed E-state index contributed by atoms with van der Waals surface area (Å²) in [6.07, 6.45) is 7.91.